The Bertz CT molecular complexity index is 411. The van der Waals surface area contributed by atoms with Gasteiger partial charge in [-0.25, -0.2) is 4.39 Å². The lowest BCUT2D eigenvalue weighted by molar-refractivity contribution is -0.122. The molecule has 4 nitrogen and oxygen atoms in total. The van der Waals surface area contributed by atoms with E-state index >= 15 is 0 Å². The summed E-state index contributed by atoms with van der Waals surface area (Å²) in [5.74, 6) is -0.728. The fraction of sp³-hybridized carbons (Fsp3) is 0.500. The summed E-state index contributed by atoms with van der Waals surface area (Å²) in [4.78, 5) is 11.7. The minimum atomic E-state index is -0.724. The van der Waals surface area contributed by atoms with E-state index in [9.17, 15) is 14.3 Å². The van der Waals surface area contributed by atoms with Crippen molar-refractivity contribution >= 4 is 5.91 Å². The number of ether oxygens (including phenoxy) is 1. The zero-order valence-electron chi connectivity index (χ0n) is 11.2. The molecule has 0 fully saturated rings. The quantitative estimate of drug-likeness (QED) is 0.787. The average molecular weight is 269 g/mol. The van der Waals surface area contributed by atoms with E-state index in [0.29, 0.717) is 5.56 Å². The fourth-order valence-electron chi connectivity index (χ4n) is 1.82. The van der Waals surface area contributed by atoms with Crippen LogP contribution in [-0.4, -0.2) is 37.4 Å². The number of carbonyl (C=O) groups excluding carboxylic acids is 1. The second kappa shape index (κ2) is 7.86. The predicted octanol–water partition coefficient (Wildman–Crippen LogP) is 1.44. The van der Waals surface area contributed by atoms with Gasteiger partial charge in [0.2, 0.25) is 5.91 Å². The lowest BCUT2D eigenvalue weighted by Crippen LogP contribution is -2.34. The molecule has 5 heteroatoms. The van der Waals surface area contributed by atoms with Crippen LogP contribution in [0.2, 0.25) is 0 Å². The van der Waals surface area contributed by atoms with E-state index in [1.807, 2.05) is 0 Å². The first-order valence-electron chi connectivity index (χ1n) is 6.22. The van der Waals surface area contributed by atoms with Gasteiger partial charge < -0.3 is 15.2 Å². The molecule has 0 radical (unpaired) electrons. The third kappa shape index (κ3) is 5.36. The number of rotatable bonds is 7. The summed E-state index contributed by atoms with van der Waals surface area (Å²) in [6, 6.07) is 6.42. The van der Waals surface area contributed by atoms with Gasteiger partial charge in [0, 0.05) is 20.1 Å². The van der Waals surface area contributed by atoms with E-state index in [2.05, 4.69) is 5.32 Å². The first-order valence-corrected chi connectivity index (χ1v) is 6.22. The minimum Gasteiger partial charge on any atom is -0.389 e. The number of methoxy groups -OCH3 is 1. The smallest absolute Gasteiger partial charge is 0.220 e. The highest BCUT2D eigenvalue weighted by Crippen LogP contribution is 2.21. The predicted molar refractivity (Wildman–Crippen MR) is 70.3 cm³/mol. The number of amides is 1. The van der Waals surface area contributed by atoms with E-state index in [1.54, 1.807) is 25.1 Å². The van der Waals surface area contributed by atoms with E-state index in [4.69, 9.17) is 4.74 Å². The number of aliphatic hydroxyl groups is 1. The molecule has 2 atom stereocenters. The van der Waals surface area contributed by atoms with Crippen LogP contribution in [0.25, 0.3) is 0 Å². The molecule has 0 spiro atoms. The highest BCUT2D eigenvalue weighted by atomic mass is 19.1. The van der Waals surface area contributed by atoms with Gasteiger partial charge in [-0.3, -0.25) is 4.79 Å². The van der Waals surface area contributed by atoms with Gasteiger partial charge in [0.05, 0.1) is 12.7 Å². The lowest BCUT2D eigenvalue weighted by Gasteiger charge is -2.14. The zero-order valence-corrected chi connectivity index (χ0v) is 11.2. The zero-order chi connectivity index (χ0) is 14.3. The number of halogens is 1. The van der Waals surface area contributed by atoms with Gasteiger partial charge in [-0.05, 0) is 17.5 Å². The Morgan fingerprint density at radius 1 is 1.47 bits per heavy atom. The van der Waals surface area contributed by atoms with Crippen LogP contribution in [-0.2, 0) is 9.53 Å². The molecule has 0 aliphatic heterocycles. The van der Waals surface area contributed by atoms with Crippen LogP contribution < -0.4 is 5.32 Å². The van der Waals surface area contributed by atoms with Gasteiger partial charge in [0.25, 0.3) is 0 Å². The Balaban J connectivity index is 2.42. The number of carbonyl (C=O) groups is 1. The summed E-state index contributed by atoms with van der Waals surface area (Å²) in [5, 5.41) is 12.0. The normalized spacial score (nSPS) is 13.9. The van der Waals surface area contributed by atoms with Gasteiger partial charge in [-0.15, -0.1) is 0 Å². The molecule has 0 aromatic heterocycles. The van der Waals surface area contributed by atoms with Gasteiger partial charge >= 0.3 is 0 Å². The van der Waals surface area contributed by atoms with Gasteiger partial charge in [-0.2, -0.15) is 0 Å². The monoisotopic (exact) mass is 269 g/mol. The van der Waals surface area contributed by atoms with Crippen molar-refractivity contribution < 1.29 is 19.0 Å². The molecule has 0 heterocycles. The number of aliphatic hydroxyl groups excluding tert-OH is 1. The SMILES string of the molecule is COCC(O)CNC(=O)CC(C)c1ccccc1F. The summed E-state index contributed by atoms with van der Waals surface area (Å²) >= 11 is 0. The molecular weight excluding hydrogens is 249 g/mol. The van der Waals surface area contributed by atoms with Gasteiger partial charge in [0.15, 0.2) is 0 Å². The van der Waals surface area contributed by atoms with Crippen molar-refractivity contribution in [3.63, 3.8) is 0 Å². The lowest BCUT2D eigenvalue weighted by atomic mass is 9.97. The Kier molecular flexibility index (Phi) is 6.45. The molecule has 0 aliphatic rings. The molecule has 0 saturated carbocycles. The average Bonchev–Trinajstić information content (AvgIpc) is 2.37. The van der Waals surface area contributed by atoms with Crippen LogP contribution in [0.1, 0.15) is 24.8 Å². The van der Waals surface area contributed by atoms with Gasteiger partial charge in [-0.1, -0.05) is 25.1 Å². The van der Waals surface area contributed by atoms with Crippen molar-refractivity contribution in [1.82, 2.24) is 5.32 Å². The van der Waals surface area contributed by atoms with Crippen molar-refractivity contribution in [2.45, 2.75) is 25.4 Å². The van der Waals surface area contributed by atoms with E-state index in [-0.39, 0.29) is 37.2 Å². The van der Waals surface area contributed by atoms with Crippen molar-refractivity contribution in [3.8, 4) is 0 Å². The Labute approximate surface area is 112 Å². The molecule has 1 amide bonds. The number of hydrogen-bond acceptors (Lipinski definition) is 3. The van der Waals surface area contributed by atoms with Crippen LogP contribution in [0.15, 0.2) is 24.3 Å². The van der Waals surface area contributed by atoms with Crippen LogP contribution in [0.3, 0.4) is 0 Å². The molecule has 1 aromatic carbocycles. The molecule has 19 heavy (non-hydrogen) atoms. The van der Waals surface area contributed by atoms with Crippen molar-refractivity contribution in [2.24, 2.45) is 0 Å². The van der Waals surface area contributed by atoms with Crippen LogP contribution in [0, 0.1) is 5.82 Å². The minimum absolute atomic E-state index is 0.136. The Hall–Kier alpha value is -1.46. The maximum absolute atomic E-state index is 13.5. The van der Waals surface area contributed by atoms with Crippen molar-refractivity contribution in [1.29, 1.82) is 0 Å². The second-order valence-electron chi connectivity index (χ2n) is 4.54. The third-order valence-electron chi connectivity index (χ3n) is 2.82. The number of benzene rings is 1. The molecule has 0 saturated heterocycles. The van der Waals surface area contributed by atoms with Crippen LogP contribution in [0.5, 0.6) is 0 Å². The first-order chi connectivity index (χ1) is 9.04. The largest absolute Gasteiger partial charge is 0.389 e. The summed E-state index contributed by atoms with van der Waals surface area (Å²) in [6.07, 6.45) is -0.543. The molecule has 1 rings (SSSR count). The molecule has 0 bridgehead atoms. The molecule has 2 unspecified atom stereocenters. The summed E-state index contributed by atoms with van der Waals surface area (Å²) < 4.78 is 18.3. The topological polar surface area (TPSA) is 58.6 Å². The van der Waals surface area contributed by atoms with Gasteiger partial charge in [0.1, 0.15) is 5.82 Å². The first kappa shape index (κ1) is 15.6. The van der Waals surface area contributed by atoms with Crippen molar-refractivity contribution in [3.05, 3.63) is 35.6 Å². The van der Waals surface area contributed by atoms with E-state index < -0.39 is 6.10 Å². The maximum Gasteiger partial charge on any atom is 0.220 e. The second-order valence-corrected chi connectivity index (χ2v) is 4.54. The molecule has 106 valence electrons. The Morgan fingerprint density at radius 3 is 2.79 bits per heavy atom. The Morgan fingerprint density at radius 2 is 2.16 bits per heavy atom. The number of hydrogen-bond donors (Lipinski definition) is 2. The van der Waals surface area contributed by atoms with E-state index in [1.165, 1.54) is 13.2 Å². The van der Waals surface area contributed by atoms with Crippen LogP contribution >= 0.6 is 0 Å². The molecule has 1 aromatic rings. The van der Waals surface area contributed by atoms with Crippen LogP contribution in [0.4, 0.5) is 4.39 Å². The highest BCUT2D eigenvalue weighted by molar-refractivity contribution is 5.76. The fourth-order valence-corrected chi connectivity index (χ4v) is 1.82. The maximum atomic E-state index is 13.5. The molecule has 2 N–H and O–H groups in total. The summed E-state index contributed by atoms with van der Waals surface area (Å²) in [6.45, 7) is 2.10. The molecule has 0 aliphatic carbocycles. The van der Waals surface area contributed by atoms with E-state index in [0.717, 1.165) is 0 Å². The highest BCUT2D eigenvalue weighted by Gasteiger charge is 2.15. The number of nitrogens with one attached hydrogen (secondary N) is 1. The molecular formula is C14H20FNO3. The third-order valence-corrected chi connectivity index (χ3v) is 2.82. The summed E-state index contributed by atoms with van der Waals surface area (Å²) in [5.41, 5.74) is 0.523. The standard InChI is InChI=1S/C14H20FNO3/c1-10(12-5-3-4-6-13(12)15)7-14(18)16-8-11(17)9-19-2/h3-6,10-11,17H,7-9H2,1-2H3,(H,16,18). The summed E-state index contributed by atoms with van der Waals surface area (Å²) in [7, 11) is 1.48. The van der Waals surface area contributed by atoms with Crippen molar-refractivity contribution in [2.75, 3.05) is 20.3 Å².